The topological polar surface area (TPSA) is 47.0 Å². The van der Waals surface area contributed by atoms with Gasteiger partial charge in [-0.3, -0.25) is 10.4 Å². The SMILES string of the molecule is Cc1cc(C)cc(N2CCN(C(=S)N/N=C3/CCN(C)c4cccnc43)CC2)c1. The van der Waals surface area contributed by atoms with E-state index in [2.05, 4.69) is 75.4 Å². The van der Waals surface area contributed by atoms with Crippen LogP contribution in [0, 0.1) is 13.8 Å². The molecule has 0 unspecified atom stereocenters. The molecule has 152 valence electrons. The summed E-state index contributed by atoms with van der Waals surface area (Å²) in [5, 5.41) is 5.30. The van der Waals surface area contributed by atoms with E-state index in [0.29, 0.717) is 5.11 Å². The lowest BCUT2D eigenvalue weighted by Gasteiger charge is -2.37. The van der Waals surface area contributed by atoms with Crippen LogP contribution >= 0.6 is 12.2 Å². The van der Waals surface area contributed by atoms with Gasteiger partial charge in [-0.1, -0.05) is 6.07 Å². The molecule has 1 N–H and O–H groups in total. The molecule has 0 atom stereocenters. The van der Waals surface area contributed by atoms with Crippen molar-refractivity contribution in [2.45, 2.75) is 20.3 Å². The van der Waals surface area contributed by atoms with Crippen LogP contribution in [0.3, 0.4) is 0 Å². The Hall–Kier alpha value is -2.67. The maximum atomic E-state index is 5.62. The Balaban J connectivity index is 1.37. The Labute approximate surface area is 178 Å². The van der Waals surface area contributed by atoms with Gasteiger partial charge in [0.05, 0.1) is 11.4 Å². The molecule has 1 fully saturated rings. The molecule has 6 nitrogen and oxygen atoms in total. The number of anilines is 2. The van der Waals surface area contributed by atoms with E-state index in [4.69, 9.17) is 12.2 Å². The van der Waals surface area contributed by atoms with E-state index in [9.17, 15) is 0 Å². The molecule has 29 heavy (non-hydrogen) atoms. The molecule has 1 aromatic carbocycles. The van der Waals surface area contributed by atoms with E-state index in [-0.39, 0.29) is 0 Å². The summed E-state index contributed by atoms with van der Waals surface area (Å²) >= 11 is 5.62. The van der Waals surface area contributed by atoms with Crippen molar-refractivity contribution in [2.75, 3.05) is 49.6 Å². The van der Waals surface area contributed by atoms with E-state index in [1.54, 1.807) is 0 Å². The summed E-state index contributed by atoms with van der Waals surface area (Å²) in [4.78, 5) is 11.4. The van der Waals surface area contributed by atoms with Crippen LogP contribution in [0.25, 0.3) is 0 Å². The van der Waals surface area contributed by atoms with Gasteiger partial charge in [0.2, 0.25) is 0 Å². The molecule has 1 saturated heterocycles. The number of thiocarbonyl (C=S) groups is 1. The van der Waals surface area contributed by atoms with Gasteiger partial charge >= 0.3 is 0 Å². The standard InChI is InChI=1S/C22H28N6S/c1-16-13-17(2)15-18(14-16)27-9-11-28(12-10-27)22(29)25-24-19-6-8-26(3)20-5-4-7-23-21(19)20/h4-5,7,13-15H,6,8-12H2,1-3H3,(H,25,29)/b24-19-. The van der Waals surface area contributed by atoms with Crippen LogP contribution in [-0.4, -0.2) is 60.5 Å². The second kappa shape index (κ2) is 8.37. The lowest BCUT2D eigenvalue weighted by atomic mass is 10.1. The molecule has 0 saturated carbocycles. The number of hydrazone groups is 1. The Morgan fingerprint density at radius 2 is 1.79 bits per heavy atom. The van der Waals surface area contributed by atoms with Crippen LogP contribution < -0.4 is 15.2 Å². The average Bonchev–Trinajstić information content (AvgIpc) is 2.73. The third kappa shape index (κ3) is 4.34. The van der Waals surface area contributed by atoms with Gasteiger partial charge in [0.1, 0.15) is 5.69 Å². The van der Waals surface area contributed by atoms with Gasteiger partial charge in [0.15, 0.2) is 5.11 Å². The van der Waals surface area contributed by atoms with E-state index >= 15 is 0 Å². The number of aryl methyl sites for hydroxylation is 2. The summed E-state index contributed by atoms with van der Waals surface area (Å²) in [5.41, 5.74) is 10.1. The Kier molecular flexibility index (Phi) is 5.67. The second-order valence-electron chi connectivity index (χ2n) is 7.84. The molecule has 0 spiro atoms. The minimum absolute atomic E-state index is 0.689. The summed E-state index contributed by atoms with van der Waals surface area (Å²) in [6.07, 6.45) is 2.68. The van der Waals surface area contributed by atoms with Crippen molar-refractivity contribution in [3.05, 3.63) is 53.3 Å². The molecule has 7 heteroatoms. The van der Waals surface area contributed by atoms with E-state index in [1.807, 2.05) is 12.3 Å². The monoisotopic (exact) mass is 408 g/mol. The van der Waals surface area contributed by atoms with Crippen molar-refractivity contribution in [3.63, 3.8) is 0 Å². The van der Waals surface area contributed by atoms with Gasteiger partial charge in [-0.15, -0.1) is 0 Å². The summed E-state index contributed by atoms with van der Waals surface area (Å²) in [5.74, 6) is 0. The molecular formula is C22H28N6S. The minimum Gasteiger partial charge on any atom is -0.372 e. The van der Waals surface area contributed by atoms with E-state index in [0.717, 1.165) is 56.2 Å². The Morgan fingerprint density at radius 1 is 1.07 bits per heavy atom. The minimum atomic E-state index is 0.689. The van der Waals surface area contributed by atoms with Crippen LogP contribution in [0.1, 0.15) is 23.2 Å². The zero-order valence-corrected chi connectivity index (χ0v) is 18.2. The molecule has 3 heterocycles. The quantitative estimate of drug-likeness (QED) is 0.609. The maximum absolute atomic E-state index is 5.62. The summed E-state index contributed by atoms with van der Waals surface area (Å²) in [6.45, 7) is 8.93. The lowest BCUT2D eigenvalue weighted by Crippen LogP contribution is -2.51. The highest BCUT2D eigenvalue weighted by Crippen LogP contribution is 2.24. The number of hydrogen-bond acceptors (Lipinski definition) is 5. The molecule has 2 aromatic rings. The second-order valence-corrected chi connectivity index (χ2v) is 8.22. The number of rotatable bonds is 2. The molecular weight excluding hydrogens is 380 g/mol. The number of fused-ring (bicyclic) bond motifs is 1. The fraction of sp³-hybridized carbons (Fsp3) is 0.409. The van der Waals surface area contributed by atoms with E-state index < -0.39 is 0 Å². The number of nitrogens with zero attached hydrogens (tertiary/aromatic N) is 5. The van der Waals surface area contributed by atoms with Gasteiger partial charge in [-0.2, -0.15) is 5.10 Å². The molecule has 4 rings (SSSR count). The van der Waals surface area contributed by atoms with Crippen molar-refractivity contribution < 1.29 is 0 Å². The first kappa shape index (κ1) is 19.6. The number of piperazine rings is 1. The van der Waals surface area contributed by atoms with Gasteiger partial charge in [-0.25, -0.2) is 0 Å². The van der Waals surface area contributed by atoms with Gasteiger partial charge < -0.3 is 14.7 Å². The molecule has 0 bridgehead atoms. The van der Waals surface area contributed by atoms with Crippen molar-refractivity contribution in [1.82, 2.24) is 15.3 Å². The third-order valence-corrected chi connectivity index (χ3v) is 5.93. The molecule has 1 aromatic heterocycles. The summed E-state index contributed by atoms with van der Waals surface area (Å²) in [6, 6.07) is 10.8. The highest BCUT2D eigenvalue weighted by molar-refractivity contribution is 7.80. The largest absolute Gasteiger partial charge is 0.372 e. The first-order chi connectivity index (χ1) is 14.0. The first-order valence-corrected chi connectivity index (χ1v) is 10.5. The number of aromatic nitrogens is 1. The van der Waals surface area contributed by atoms with Crippen LogP contribution in [-0.2, 0) is 0 Å². The molecule has 0 amide bonds. The first-order valence-electron chi connectivity index (χ1n) is 10.1. The smallest absolute Gasteiger partial charge is 0.189 e. The predicted octanol–water partition coefficient (Wildman–Crippen LogP) is 2.94. The third-order valence-electron chi connectivity index (χ3n) is 5.58. The number of pyridine rings is 1. The van der Waals surface area contributed by atoms with Gasteiger partial charge in [-0.05, 0) is 61.5 Å². The normalized spacial score (nSPS) is 18.0. The fourth-order valence-electron chi connectivity index (χ4n) is 4.04. The van der Waals surface area contributed by atoms with Crippen molar-refractivity contribution in [2.24, 2.45) is 5.10 Å². The Bertz CT molecular complexity index is 912. The van der Waals surface area contributed by atoms with Crippen LogP contribution in [0.4, 0.5) is 11.4 Å². The average molecular weight is 409 g/mol. The summed E-state index contributed by atoms with van der Waals surface area (Å²) < 4.78 is 0. The lowest BCUT2D eigenvalue weighted by molar-refractivity contribution is 0.381. The Morgan fingerprint density at radius 3 is 2.52 bits per heavy atom. The van der Waals surface area contributed by atoms with Crippen molar-refractivity contribution in [3.8, 4) is 0 Å². The maximum Gasteiger partial charge on any atom is 0.189 e. The predicted molar refractivity (Wildman–Crippen MR) is 124 cm³/mol. The molecule has 0 aliphatic carbocycles. The van der Waals surface area contributed by atoms with Gasteiger partial charge in [0, 0.05) is 58.1 Å². The van der Waals surface area contributed by atoms with Crippen LogP contribution in [0.5, 0.6) is 0 Å². The zero-order chi connectivity index (χ0) is 20.4. The van der Waals surface area contributed by atoms with Crippen LogP contribution in [0.15, 0.2) is 41.6 Å². The highest BCUT2D eigenvalue weighted by Gasteiger charge is 2.22. The highest BCUT2D eigenvalue weighted by atomic mass is 32.1. The zero-order valence-electron chi connectivity index (χ0n) is 17.4. The number of benzene rings is 1. The van der Waals surface area contributed by atoms with Gasteiger partial charge in [0.25, 0.3) is 0 Å². The van der Waals surface area contributed by atoms with Crippen molar-refractivity contribution in [1.29, 1.82) is 0 Å². The number of nitrogens with one attached hydrogen (secondary N) is 1. The molecule has 0 radical (unpaired) electrons. The fourth-order valence-corrected chi connectivity index (χ4v) is 4.26. The molecule has 2 aliphatic rings. The molecule has 2 aliphatic heterocycles. The summed E-state index contributed by atoms with van der Waals surface area (Å²) in [7, 11) is 2.09. The number of hydrogen-bond donors (Lipinski definition) is 1. The van der Waals surface area contributed by atoms with Crippen molar-refractivity contribution >= 4 is 34.4 Å². The van der Waals surface area contributed by atoms with E-state index in [1.165, 1.54) is 16.8 Å². The van der Waals surface area contributed by atoms with Crippen LogP contribution in [0.2, 0.25) is 0 Å².